The first-order valence-corrected chi connectivity index (χ1v) is 16.5. The molecular weight excluding hydrogens is 602 g/mol. The van der Waals surface area contributed by atoms with Gasteiger partial charge in [-0.15, -0.1) is 0 Å². The van der Waals surface area contributed by atoms with Crippen molar-refractivity contribution in [2.45, 2.75) is 84.0 Å². The Hall–Kier alpha value is -4.10. The number of esters is 1. The molecule has 2 N–H and O–H groups in total. The average Bonchev–Trinajstić information content (AvgIpc) is 3.37. The van der Waals surface area contributed by atoms with Gasteiger partial charge in [-0.05, 0) is 93.8 Å². The summed E-state index contributed by atoms with van der Waals surface area (Å²) in [5.74, 6) is -2.82. The van der Waals surface area contributed by atoms with Crippen LogP contribution >= 0.6 is 11.6 Å². The third kappa shape index (κ3) is 10.8. The summed E-state index contributed by atoms with van der Waals surface area (Å²) in [5.41, 5.74) is 2.15. The number of hydrogen-bond donors (Lipinski definition) is 2. The van der Waals surface area contributed by atoms with Gasteiger partial charge in [-0.25, -0.2) is 0 Å². The van der Waals surface area contributed by atoms with Crippen molar-refractivity contribution in [1.29, 1.82) is 0 Å². The number of nitrogens with one attached hydrogen (secondary N) is 1. The molecule has 3 aromatic rings. The molecule has 0 radical (unpaired) electrons. The van der Waals surface area contributed by atoms with Crippen molar-refractivity contribution in [3.63, 3.8) is 0 Å². The molecule has 1 unspecified atom stereocenters. The van der Waals surface area contributed by atoms with Crippen LogP contribution in [-0.2, 0) is 14.3 Å². The van der Waals surface area contributed by atoms with E-state index in [0.717, 1.165) is 32.1 Å². The first-order chi connectivity index (χ1) is 22.3. The van der Waals surface area contributed by atoms with E-state index >= 15 is 0 Å². The number of carbonyl (C=O) groups excluding carboxylic acids is 2. The molecule has 0 spiro atoms. The van der Waals surface area contributed by atoms with Crippen molar-refractivity contribution in [2.75, 3.05) is 13.7 Å². The molecule has 8 heteroatoms. The van der Waals surface area contributed by atoms with Crippen molar-refractivity contribution in [1.82, 2.24) is 4.98 Å². The zero-order valence-corrected chi connectivity index (χ0v) is 27.9. The maximum absolute atomic E-state index is 13.7. The Balaban J connectivity index is 1.57. The standard InChI is InChI=1S/C38H46ClNO6/c1-4-5-6-7-8-9-10-11-12-13-14-15-16-17-18-19-33(41)46-26-30(38(43)44)34-27(2)40-31-24-25-32(45-3)36(35(31)34)37(42)28-20-22-29(39)23-21-28/h8-9,11-12,14-15,20-25,30,40H,4-7,10,13,16-19,26H2,1-3H3,(H,43,44)/b9-8-,12-11-,15-14-. The molecule has 246 valence electrons. The van der Waals surface area contributed by atoms with Gasteiger partial charge in [0.25, 0.3) is 0 Å². The molecule has 2 aromatic carbocycles. The largest absolute Gasteiger partial charge is 0.496 e. The minimum Gasteiger partial charge on any atom is -0.496 e. The fourth-order valence-corrected chi connectivity index (χ4v) is 5.48. The molecule has 0 amide bonds. The number of rotatable bonds is 20. The second-order valence-electron chi connectivity index (χ2n) is 11.3. The average molecular weight is 648 g/mol. The summed E-state index contributed by atoms with van der Waals surface area (Å²) in [6.45, 7) is 3.60. The van der Waals surface area contributed by atoms with Gasteiger partial charge in [-0.2, -0.15) is 0 Å². The number of halogens is 1. The summed E-state index contributed by atoms with van der Waals surface area (Å²) < 4.78 is 11.0. The van der Waals surface area contributed by atoms with E-state index in [1.54, 1.807) is 43.3 Å². The highest BCUT2D eigenvalue weighted by atomic mass is 35.5. The number of aromatic nitrogens is 1. The number of benzene rings is 2. The predicted molar refractivity (Wildman–Crippen MR) is 185 cm³/mol. The molecule has 0 aliphatic heterocycles. The molecule has 0 saturated carbocycles. The molecule has 0 saturated heterocycles. The molecule has 1 heterocycles. The first-order valence-electron chi connectivity index (χ1n) is 16.1. The highest BCUT2D eigenvalue weighted by molar-refractivity contribution is 6.30. The number of unbranched alkanes of at least 4 members (excludes halogenated alkanes) is 5. The van der Waals surface area contributed by atoms with Crippen molar-refractivity contribution in [3.05, 3.63) is 100 Å². The van der Waals surface area contributed by atoms with Gasteiger partial charge in [-0.3, -0.25) is 14.4 Å². The van der Waals surface area contributed by atoms with Crippen molar-refractivity contribution in [2.24, 2.45) is 0 Å². The predicted octanol–water partition coefficient (Wildman–Crippen LogP) is 9.67. The summed E-state index contributed by atoms with van der Waals surface area (Å²) >= 11 is 6.02. The third-order valence-corrected chi connectivity index (χ3v) is 8.05. The normalized spacial score (nSPS) is 12.4. The van der Waals surface area contributed by atoms with Crippen molar-refractivity contribution < 1.29 is 29.0 Å². The highest BCUT2D eigenvalue weighted by Gasteiger charge is 2.31. The fourth-order valence-electron chi connectivity index (χ4n) is 5.35. The number of carboxylic acids is 1. The van der Waals surface area contributed by atoms with Crippen LogP contribution in [0.4, 0.5) is 0 Å². The van der Waals surface area contributed by atoms with E-state index in [-0.39, 0.29) is 24.4 Å². The molecule has 0 fully saturated rings. The molecule has 1 atom stereocenters. The summed E-state index contributed by atoms with van der Waals surface area (Å²) in [4.78, 5) is 42.0. The van der Waals surface area contributed by atoms with Crippen LogP contribution in [0, 0.1) is 6.92 Å². The van der Waals surface area contributed by atoms with E-state index in [1.807, 2.05) is 0 Å². The number of aliphatic carboxylic acids is 1. The van der Waals surface area contributed by atoms with Gasteiger partial charge >= 0.3 is 11.9 Å². The number of carboxylic acid groups (broad SMARTS) is 1. The fraction of sp³-hybridized carbons (Fsp3) is 0.395. The molecule has 1 aromatic heterocycles. The minimum atomic E-state index is -1.19. The van der Waals surface area contributed by atoms with Crippen molar-refractivity contribution in [3.8, 4) is 5.75 Å². The van der Waals surface area contributed by atoms with Gasteiger partial charge < -0.3 is 19.6 Å². The zero-order valence-electron chi connectivity index (χ0n) is 27.2. The van der Waals surface area contributed by atoms with Gasteiger partial charge in [0.2, 0.25) is 0 Å². The molecule has 0 bridgehead atoms. The van der Waals surface area contributed by atoms with Gasteiger partial charge in [0.05, 0.1) is 12.7 Å². The summed E-state index contributed by atoms with van der Waals surface area (Å²) in [7, 11) is 1.46. The van der Waals surface area contributed by atoms with Crippen LogP contribution < -0.4 is 4.74 Å². The van der Waals surface area contributed by atoms with Crippen LogP contribution in [0.3, 0.4) is 0 Å². The number of hydrogen-bond acceptors (Lipinski definition) is 5. The van der Waals surface area contributed by atoms with Crippen molar-refractivity contribution >= 4 is 40.2 Å². The van der Waals surface area contributed by atoms with E-state index in [2.05, 4.69) is 48.4 Å². The molecule has 0 aliphatic rings. The number of ketones is 1. The lowest BCUT2D eigenvalue weighted by molar-refractivity contribution is -0.148. The highest BCUT2D eigenvalue weighted by Crippen LogP contribution is 2.38. The van der Waals surface area contributed by atoms with E-state index in [0.29, 0.717) is 44.9 Å². The maximum Gasteiger partial charge on any atom is 0.314 e. The van der Waals surface area contributed by atoms with E-state index in [1.165, 1.54) is 26.4 Å². The number of aromatic amines is 1. The van der Waals surface area contributed by atoms with Crippen LogP contribution in [0.2, 0.25) is 5.02 Å². The number of allylic oxidation sites excluding steroid dienone is 6. The van der Waals surface area contributed by atoms with Crippen LogP contribution in [-0.4, -0.2) is 41.5 Å². The summed E-state index contributed by atoms with van der Waals surface area (Å²) in [6, 6.07) is 9.88. The van der Waals surface area contributed by atoms with E-state index < -0.39 is 17.9 Å². The van der Waals surface area contributed by atoms with Gasteiger partial charge in [0.15, 0.2) is 5.78 Å². The summed E-state index contributed by atoms with van der Waals surface area (Å²) in [5, 5.41) is 11.1. The van der Waals surface area contributed by atoms with Gasteiger partial charge in [0, 0.05) is 33.6 Å². The maximum atomic E-state index is 13.7. The Morgan fingerprint density at radius 3 is 2.13 bits per heavy atom. The third-order valence-electron chi connectivity index (χ3n) is 7.79. The number of ether oxygens (including phenoxy) is 2. The number of fused-ring (bicyclic) bond motifs is 1. The molecule has 0 aliphatic carbocycles. The number of carbonyl (C=O) groups is 3. The first kappa shape index (κ1) is 36.4. The zero-order chi connectivity index (χ0) is 33.3. The molecule has 3 rings (SSSR count). The lowest BCUT2D eigenvalue weighted by Gasteiger charge is -2.16. The monoisotopic (exact) mass is 647 g/mol. The van der Waals surface area contributed by atoms with E-state index in [4.69, 9.17) is 21.1 Å². The number of methoxy groups -OCH3 is 1. The Labute approximate surface area is 277 Å². The Morgan fingerprint density at radius 1 is 0.891 bits per heavy atom. The van der Waals surface area contributed by atoms with Crippen LogP contribution in [0.5, 0.6) is 5.75 Å². The number of H-pyrrole nitrogens is 1. The Bertz CT molecular complexity index is 1530. The summed E-state index contributed by atoms with van der Waals surface area (Å²) in [6.07, 6.45) is 22.4. The van der Waals surface area contributed by atoms with Crippen LogP contribution in [0.15, 0.2) is 72.9 Å². The lowest BCUT2D eigenvalue weighted by Crippen LogP contribution is -2.21. The van der Waals surface area contributed by atoms with Gasteiger partial charge in [-0.1, -0.05) is 67.8 Å². The smallest absolute Gasteiger partial charge is 0.314 e. The minimum absolute atomic E-state index is 0.200. The quantitative estimate of drug-likeness (QED) is 0.0547. The molecule has 46 heavy (non-hydrogen) atoms. The topological polar surface area (TPSA) is 106 Å². The van der Waals surface area contributed by atoms with E-state index in [9.17, 15) is 19.5 Å². The Kier molecular flexibility index (Phi) is 15.4. The lowest BCUT2D eigenvalue weighted by atomic mass is 9.91. The Morgan fingerprint density at radius 2 is 1.52 bits per heavy atom. The second kappa shape index (κ2) is 19.4. The van der Waals surface area contributed by atoms with Gasteiger partial charge in [0.1, 0.15) is 18.3 Å². The second-order valence-corrected chi connectivity index (χ2v) is 11.7. The van der Waals surface area contributed by atoms with Crippen LogP contribution in [0.1, 0.15) is 104 Å². The number of aryl methyl sites for hydroxylation is 1. The SMILES string of the molecule is CCCCC/C=C\C/C=C\C/C=C\CCCCC(=O)OCC(C(=O)O)c1c(C)[nH]c2ccc(OC)c(C(=O)c3ccc(Cl)cc3)c12. The molecular formula is C38H46ClNO6. The molecule has 7 nitrogen and oxygen atoms in total. The van der Waals surface area contributed by atoms with Crippen LogP contribution in [0.25, 0.3) is 10.9 Å².